The average molecular weight is 292 g/mol. The van der Waals surface area contributed by atoms with Gasteiger partial charge in [-0.15, -0.1) is 0 Å². The summed E-state index contributed by atoms with van der Waals surface area (Å²) in [5.74, 6) is -3.54. The summed E-state index contributed by atoms with van der Waals surface area (Å²) in [5.41, 5.74) is 0. The van der Waals surface area contributed by atoms with Gasteiger partial charge in [-0.2, -0.15) is 0 Å². The Morgan fingerprint density at radius 1 is 0.867 bits per heavy atom. The van der Waals surface area contributed by atoms with Gasteiger partial charge >= 0.3 is 42.5 Å². The molecule has 10 nitrogen and oxygen atoms in total. The molecule has 11 heteroatoms. The fourth-order valence-electron chi connectivity index (χ4n) is 0.270. The molecule has 2 atom stereocenters. The van der Waals surface area contributed by atoms with E-state index in [0.717, 1.165) is 0 Å². The van der Waals surface area contributed by atoms with Crippen LogP contribution in [0.2, 0.25) is 0 Å². The Morgan fingerprint density at radius 2 is 1.00 bits per heavy atom. The predicted octanol–water partition coefficient (Wildman–Crippen LogP) is -4.29. The Bertz CT molecular complexity index is 240. The van der Waals surface area contributed by atoms with Crippen LogP contribution >= 0.6 is 0 Å². The number of carboxylic acid groups (broad SMARTS) is 2. The van der Waals surface area contributed by atoms with E-state index in [9.17, 15) is 9.59 Å². The SMILES string of the molecule is O=C(O)C(O)C(O)C(=O)O.O=[As](O)(O)O. The zero-order chi connectivity index (χ0) is 12.8. The Kier molecular flexibility index (Phi) is 7.22. The van der Waals surface area contributed by atoms with Crippen molar-refractivity contribution in [3.63, 3.8) is 0 Å². The van der Waals surface area contributed by atoms with Crippen molar-refractivity contribution in [3.8, 4) is 0 Å². The summed E-state index contributed by atoms with van der Waals surface area (Å²) < 4.78 is 30.7. The maximum atomic E-state index is 9.77. The van der Waals surface area contributed by atoms with Crippen molar-refractivity contribution >= 4 is 26.5 Å². The van der Waals surface area contributed by atoms with Gasteiger partial charge in [-0.05, 0) is 0 Å². The first-order chi connectivity index (χ1) is 6.46. The second-order valence-corrected chi connectivity index (χ2v) is 4.23. The number of aliphatic hydroxyl groups excluding tert-OH is 2. The fourth-order valence-corrected chi connectivity index (χ4v) is 0.270. The standard InChI is InChI=1S/C4H6O6.AsH3O4/c5-1(3(7)8)2(6)4(9)10;2-1(3,4)5/h1-2,5-6H,(H,7,8)(H,9,10);(H3,2,3,4,5). The molecule has 7 N–H and O–H groups in total. The van der Waals surface area contributed by atoms with Crippen LogP contribution in [0.15, 0.2) is 0 Å². The second kappa shape index (κ2) is 6.56. The zero-order valence-electron chi connectivity index (χ0n) is 6.96. The van der Waals surface area contributed by atoms with Gasteiger partial charge in [0.2, 0.25) is 0 Å². The van der Waals surface area contributed by atoms with Gasteiger partial charge in [0.15, 0.2) is 12.2 Å². The average Bonchev–Trinajstić information content (AvgIpc) is 1.98. The summed E-state index contributed by atoms with van der Waals surface area (Å²) in [4.78, 5) is 19.5. The van der Waals surface area contributed by atoms with Crippen LogP contribution in [0.4, 0.5) is 0 Å². The van der Waals surface area contributed by atoms with Crippen LogP contribution in [0, 0.1) is 0 Å². The molecule has 0 aromatic carbocycles. The number of hydrogen-bond donors (Lipinski definition) is 7. The second-order valence-electron chi connectivity index (χ2n) is 2.08. The van der Waals surface area contributed by atoms with Gasteiger partial charge in [0.05, 0.1) is 0 Å². The molecule has 0 aromatic heterocycles. The molecule has 0 bridgehead atoms. The fraction of sp³-hybridized carbons (Fsp3) is 0.500. The van der Waals surface area contributed by atoms with Crippen molar-refractivity contribution in [3.05, 3.63) is 0 Å². The normalized spacial score (nSPS) is 14.5. The minimum absolute atomic E-state index is 1.77. The van der Waals surface area contributed by atoms with E-state index in [0.29, 0.717) is 0 Å². The van der Waals surface area contributed by atoms with E-state index >= 15 is 0 Å². The molecule has 15 heavy (non-hydrogen) atoms. The molecule has 0 aliphatic rings. The summed E-state index contributed by atoms with van der Waals surface area (Å²) >= 11 is -5.12. The predicted molar refractivity (Wildman–Crippen MR) is 40.4 cm³/mol. The van der Waals surface area contributed by atoms with Gasteiger partial charge in [-0.25, -0.2) is 9.59 Å². The van der Waals surface area contributed by atoms with Crippen LogP contribution in [0.25, 0.3) is 0 Å². The van der Waals surface area contributed by atoms with Gasteiger partial charge in [-0.1, -0.05) is 0 Å². The summed E-state index contributed by atoms with van der Waals surface area (Å²) in [6.45, 7) is 0. The molecule has 0 fully saturated rings. The van der Waals surface area contributed by atoms with E-state index in [2.05, 4.69) is 0 Å². The quantitative estimate of drug-likeness (QED) is 0.250. The van der Waals surface area contributed by atoms with Crippen LogP contribution in [0.3, 0.4) is 0 Å². The molecule has 0 aliphatic heterocycles. The molecular formula is C4H9AsO10. The summed E-state index contributed by atoms with van der Waals surface area (Å²) in [6.07, 6.45) is -4.53. The number of rotatable bonds is 3. The molecule has 0 aromatic rings. The van der Waals surface area contributed by atoms with Crippen molar-refractivity contribution in [2.24, 2.45) is 0 Å². The first kappa shape index (κ1) is 16.5. The molecule has 0 saturated heterocycles. The number of aliphatic hydroxyl groups is 2. The van der Waals surface area contributed by atoms with Gasteiger partial charge < -0.3 is 20.4 Å². The van der Waals surface area contributed by atoms with Crippen LogP contribution in [0.1, 0.15) is 0 Å². The summed E-state index contributed by atoms with van der Waals surface area (Å²) in [7, 11) is 0. The molecule has 2 unspecified atom stereocenters. The Balaban J connectivity index is 0. The third kappa shape index (κ3) is 13.1. The third-order valence-corrected chi connectivity index (χ3v) is 0.805. The molecular weight excluding hydrogens is 283 g/mol. The van der Waals surface area contributed by atoms with E-state index in [1.54, 1.807) is 0 Å². The van der Waals surface area contributed by atoms with Gasteiger partial charge in [-0.3, -0.25) is 0 Å². The topological polar surface area (TPSA) is 193 Å². The zero-order valence-corrected chi connectivity index (χ0v) is 8.83. The first-order valence-electron chi connectivity index (χ1n) is 3.07. The van der Waals surface area contributed by atoms with Crippen molar-refractivity contribution in [1.82, 2.24) is 0 Å². The van der Waals surface area contributed by atoms with Gasteiger partial charge in [0, 0.05) is 0 Å². The Hall–Kier alpha value is -0.902. The van der Waals surface area contributed by atoms with E-state index in [1.807, 2.05) is 0 Å². The van der Waals surface area contributed by atoms with E-state index in [4.69, 9.17) is 36.5 Å². The number of carbonyl (C=O) groups is 2. The van der Waals surface area contributed by atoms with Crippen molar-refractivity contribution in [2.45, 2.75) is 12.2 Å². The number of carboxylic acids is 2. The van der Waals surface area contributed by atoms with Gasteiger partial charge in [0.25, 0.3) is 0 Å². The molecule has 0 radical (unpaired) electrons. The van der Waals surface area contributed by atoms with E-state index < -0.39 is 38.7 Å². The van der Waals surface area contributed by atoms with E-state index in [1.165, 1.54) is 0 Å². The van der Waals surface area contributed by atoms with Crippen molar-refractivity contribution < 1.29 is 46.0 Å². The van der Waals surface area contributed by atoms with E-state index in [-0.39, 0.29) is 0 Å². The molecule has 0 saturated carbocycles. The van der Waals surface area contributed by atoms with Crippen LogP contribution in [-0.2, 0) is 13.3 Å². The molecule has 0 amide bonds. The molecule has 0 rings (SSSR count). The summed E-state index contributed by atoms with van der Waals surface area (Å²) in [6, 6.07) is 0. The summed E-state index contributed by atoms with van der Waals surface area (Å²) in [5, 5.41) is 32.5. The number of aliphatic carboxylic acids is 2. The Morgan fingerprint density at radius 3 is 1.07 bits per heavy atom. The molecule has 90 valence electrons. The molecule has 0 heterocycles. The van der Waals surface area contributed by atoms with Crippen molar-refractivity contribution in [1.29, 1.82) is 0 Å². The third-order valence-electron chi connectivity index (χ3n) is 0.805. The van der Waals surface area contributed by atoms with Crippen molar-refractivity contribution in [2.75, 3.05) is 0 Å². The van der Waals surface area contributed by atoms with Crippen LogP contribution < -0.4 is 0 Å². The number of hydrogen-bond acceptors (Lipinski definition) is 5. The molecule has 0 spiro atoms. The first-order valence-corrected chi connectivity index (χ1v) is 6.35. The van der Waals surface area contributed by atoms with Crippen LogP contribution in [0.5, 0.6) is 0 Å². The van der Waals surface area contributed by atoms with Gasteiger partial charge in [0.1, 0.15) is 0 Å². The maximum absolute atomic E-state index is 9.77. The minimum atomic E-state index is -5.12. The monoisotopic (exact) mass is 292 g/mol. The Labute approximate surface area is 85.4 Å². The van der Waals surface area contributed by atoms with Crippen LogP contribution in [-0.4, -0.2) is 71.4 Å². The molecule has 0 aliphatic carbocycles.